The van der Waals surface area contributed by atoms with Gasteiger partial charge < -0.3 is 14.0 Å². The normalized spacial score (nSPS) is 23.4. The molecule has 0 spiro atoms. The van der Waals surface area contributed by atoms with Crippen LogP contribution in [0.4, 0.5) is 0 Å². The van der Waals surface area contributed by atoms with Crippen LogP contribution >= 0.6 is 11.6 Å². The lowest BCUT2D eigenvalue weighted by atomic mass is 9.84. The zero-order valence-corrected chi connectivity index (χ0v) is 25.7. The van der Waals surface area contributed by atoms with Crippen LogP contribution in [0.2, 0.25) is 0 Å². The van der Waals surface area contributed by atoms with Crippen LogP contribution in [0.15, 0.2) is 66.7 Å². The molecule has 0 amide bonds. The first-order valence-electron chi connectivity index (χ1n) is 15.1. The molecule has 1 aliphatic carbocycles. The molecule has 3 aliphatic rings. The van der Waals surface area contributed by atoms with E-state index in [0.29, 0.717) is 24.0 Å². The number of benzene rings is 3. The van der Waals surface area contributed by atoms with Crippen LogP contribution in [0.1, 0.15) is 57.4 Å². The van der Waals surface area contributed by atoms with Gasteiger partial charge in [-0.15, -0.1) is 0 Å². The van der Waals surface area contributed by atoms with Gasteiger partial charge in [0, 0.05) is 34.2 Å². The fourth-order valence-electron chi connectivity index (χ4n) is 6.97. The van der Waals surface area contributed by atoms with Gasteiger partial charge in [-0.1, -0.05) is 54.1 Å². The van der Waals surface area contributed by atoms with Gasteiger partial charge in [-0.05, 0) is 60.9 Å². The van der Waals surface area contributed by atoms with Crippen molar-refractivity contribution in [3.8, 4) is 11.5 Å². The Morgan fingerprint density at radius 3 is 2.50 bits per heavy atom. The van der Waals surface area contributed by atoms with Gasteiger partial charge in [0.25, 0.3) is 0 Å². The van der Waals surface area contributed by atoms with E-state index in [-0.39, 0.29) is 11.7 Å². The van der Waals surface area contributed by atoms with E-state index in [1.807, 2.05) is 31.5 Å². The number of Topliss-reactive ketones (excluding diaryl/α,β-unsaturated/α-hetero) is 1. The van der Waals surface area contributed by atoms with Crippen molar-refractivity contribution in [1.29, 1.82) is 0 Å². The van der Waals surface area contributed by atoms with Gasteiger partial charge in [0.2, 0.25) is 0 Å². The van der Waals surface area contributed by atoms with Gasteiger partial charge in [-0.25, -0.2) is 4.58 Å². The maximum absolute atomic E-state index is 13.5. The van der Waals surface area contributed by atoms with Gasteiger partial charge in [-0.3, -0.25) is 4.79 Å². The summed E-state index contributed by atoms with van der Waals surface area (Å²) < 4.78 is 15.2. The number of carbonyl (C=O) groups is 1. The molecule has 1 unspecified atom stereocenters. The predicted molar refractivity (Wildman–Crippen MR) is 168 cm³/mol. The molecule has 0 bridgehead atoms. The minimum atomic E-state index is 0.0483. The maximum atomic E-state index is 13.5. The number of likely N-dealkylation sites (tertiary alicyclic amines) is 1. The Labute approximate surface area is 254 Å². The van der Waals surface area contributed by atoms with E-state index in [4.69, 9.17) is 21.1 Å². The van der Waals surface area contributed by atoms with Crippen LogP contribution in [-0.2, 0) is 26.1 Å². The molecule has 218 valence electrons. The Morgan fingerprint density at radius 2 is 1.74 bits per heavy atom. The number of carbonyl (C=O) groups excluding carboxylic acids is 1. The van der Waals surface area contributed by atoms with Crippen LogP contribution in [0.3, 0.4) is 0 Å². The number of ether oxygens (including phenoxy) is 2. The number of piperidine rings is 1. The smallest absolute Gasteiger partial charge is 0.168 e. The number of halogens is 1. The summed E-state index contributed by atoms with van der Waals surface area (Å²) in [5.74, 6) is 2.21. The van der Waals surface area contributed by atoms with E-state index >= 15 is 0 Å². The molecule has 1 saturated heterocycles. The summed E-state index contributed by atoms with van der Waals surface area (Å²) in [6.45, 7) is 4.61. The van der Waals surface area contributed by atoms with E-state index in [0.717, 1.165) is 57.7 Å². The van der Waals surface area contributed by atoms with Gasteiger partial charge >= 0.3 is 0 Å². The molecular weight excluding hydrogens is 544 g/mol. The standard InChI is InChI=1S/C36H41ClN2O3/c1-38-14-11-33(37)31-10-9-27(18-30(31)22-38)24-42-35-20-28-19-29(36(40)32(28)21-34(35)41-3)17-25-12-15-39(2,16-13-25)23-26-7-5-4-6-8-26/h4-11,14,18,20-21,25,29H,12-13,15-17,19,22-24H2,1-3H3/q+2. The molecular formula is C36H41ClN2O3+2. The van der Waals surface area contributed by atoms with E-state index in [9.17, 15) is 4.79 Å². The van der Waals surface area contributed by atoms with E-state index in [1.54, 1.807) is 7.11 Å². The molecule has 5 nitrogen and oxygen atoms in total. The number of methoxy groups -OCH3 is 1. The molecule has 42 heavy (non-hydrogen) atoms. The molecule has 0 aromatic heterocycles. The minimum absolute atomic E-state index is 0.0483. The summed E-state index contributed by atoms with van der Waals surface area (Å²) in [7, 11) is 6.06. The minimum Gasteiger partial charge on any atom is -0.493 e. The van der Waals surface area contributed by atoms with Crippen LogP contribution < -0.4 is 9.47 Å². The number of allylic oxidation sites excluding steroid dienone is 1. The summed E-state index contributed by atoms with van der Waals surface area (Å²) in [5.41, 5.74) is 6.58. The zero-order valence-electron chi connectivity index (χ0n) is 24.9. The molecule has 2 aliphatic heterocycles. The average Bonchev–Trinajstić information content (AvgIpc) is 3.20. The van der Waals surface area contributed by atoms with Crippen molar-refractivity contribution >= 4 is 28.6 Å². The molecule has 3 aromatic rings. The van der Waals surface area contributed by atoms with Crippen molar-refractivity contribution in [2.24, 2.45) is 11.8 Å². The molecule has 1 fully saturated rings. The van der Waals surface area contributed by atoms with Crippen molar-refractivity contribution in [2.75, 3.05) is 34.3 Å². The highest BCUT2D eigenvalue weighted by molar-refractivity contribution is 6.49. The summed E-state index contributed by atoms with van der Waals surface area (Å²) in [4.78, 5) is 13.5. The van der Waals surface area contributed by atoms with E-state index < -0.39 is 0 Å². The van der Waals surface area contributed by atoms with Crippen molar-refractivity contribution in [3.63, 3.8) is 0 Å². The molecule has 6 heteroatoms. The monoisotopic (exact) mass is 584 g/mol. The van der Waals surface area contributed by atoms with Gasteiger partial charge in [-0.2, -0.15) is 0 Å². The molecule has 1 atom stereocenters. The number of nitrogens with zero attached hydrogens (tertiary/aromatic N) is 2. The number of rotatable bonds is 8. The van der Waals surface area contributed by atoms with Crippen LogP contribution in [0.5, 0.6) is 11.5 Å². The second-order valence-corrected chi connectivity index (χ2v) is 13.1. The zero-order chi connectivity index (χ0) is 29.3. The van der Waals surface area contributed by atoms with E-state index in [1.165, 1.54) is 37.1 Å². The van der Waals surface area contributed by atoms with Crippen LogP contribution in [0.25, 0.3) is 5.03 Å². The highest BCUT2D eigenvalue weighted by atomic mass is 35.5. The van der Waals surface area contributed by atoms with Crippen molar-refractivity contribution in [3.05, 3.63) is 100 Å². The van der Waals surface area contributed by atoms with E-state index in [2.05, 4.69) is 60.2 Å². The third kappa shape index (κ3) is 6.18. The molecule has 6 rings (SSSR count). The van der Waals surface area contributed by atoms with Crippen molar-refractivity contribution in [2.45, 2.75) is 45.4 Å². The Bertz CT molecular complexity index is 1540. The number of hydrogen-bond donors (Lipinski definition) is 0. The molecule has 0 saturated carbocycles. The second kappa shape index (κ2) is 12.1. The van der Waals surface area contributed by atoms with Gasteiger partial charge in [0.15, 0.2) is 30.0 Å². The fourth-order valence-corrected chi connectivity index (χ4v) is 7.21. The fraction of sp³-hybridized carbons (Fsp3) is 0.389. The molecule has 0 N–H and O–H groups in total. The third-order valence-corrected chi connectivity index (χ3v) is 9.72. The number of hydrogen-bond acceptors (Lipinski definition) is 3. The first kappa shape index (κ1) is 28.7. The van der Waals surface area contributed by atoms with Crippen molar-refractivity contribution < 1.29 is 23.3 Å². The van der Waals surface area contributed by atoms with Crippen LogP contribution in [-0.4, -0.2) is 55.4 Å². The number of ketones is 1. The quantitative estimate of drug-likeness (QED) is 0.214. The number of quaternary nitrogens is 1. The Hall–Kier alpha value is -3.41. The topological polar surface area (TPSA) is 38.5 Å². The summed E-state index contributed by atoms with van der Waals surface area (Å²) in [5, 5.41) is 0.745. The predicted octanol–water partition coefficient (Wildman–Crippen LogP) is 6.88. The lowest BCUT2D eigenvalue weighted by molar-refractivity contribution is -0.928. The maximum Gasteiger partial charge on any atom is 0.168 e. The van der Waals surface area contributed by atoms with Crippen LogP contribution in [0, 0.1) is 11.8 Å². The molecule has 2 heterocycles. The summed E-state index contributed by atoms with van der Waals surface area (Å²) in [6, 6.07) is 21.0. The molecule has 0 radical (unpaired) electrons. The largest absolute Gasteiger partial charge is 0.493 e. The Kier molecular flexibility index (Phi) is 8.24. The summed E-state index contributed by atoms with van der Waals surface area (Å²) in [6.07, 6.45) is 8.04. The highest BCUT2D eigenvalue weighted by Crippen LogP contribution is 2.40. The summed E-state index contributed by atoms with van der Waals surface area (Å²) >= 11 is 6.49. The molecule has 3 aromatic carbocycles. The van der Waals surface area contributed by atoms with Crippen molar-refractivity contribution in [1.82, 2.24) is 0 Å². The third-order valence-electron chi connectivity index (χ3n) is 9.39. The first-order chi connectivity index (χ1) is 20.3. The Morgan fingerprint density at radius 1 is 0.952 bits per heavy atom. The lowest BCUT2D eigenvalue weighted by Crippen LogP contribution is -2.49. The second-order valence-electron chi connectivity index (χ2n) is 12.7. The average molecular weight is 585 g/mol. The Balaban J connectivity index is 1.09. The van der Waals surface area contributed by atoms with Gasteiger partial charge in [0.1, 0.15) is 20.2 Å². The SMILES string of the molecule is COc1cc2c(cc1OCc1ccc3c(c1)C[N+](C)=CC=C3Cl)CC(CC1CC[N+](C)(Cc3ccccc3)CC1)C2=O. The van der Waals surface area contributed by atoms with Gasteiger partial charge in [0.05, 0.1) is 32.3 Å². The lowest BCUT2D eigenvalue weighted by Gasteiger charge is -2.41. The number of fused-ring (bicyclic) bond motifs is 2. The first-order valence-corrected chi connectivity index (χ1v) is 15.5. The highest BCUT2D eigenvalue weighted by Gasteiger charge is 2.37.